The molecular formula is C3H6O7P2. The Hall–Kier alpha value is -0.290. The summed E-state index contributed by atoms with van der Waals surface area (Å²) >= 11 is 0. The SMILES string of the molecule is O=CC=C(P(=O)(O)O)P(=O)(O)O. The highest BCUT2D eigenvalue weighted by molar-refractivity contribution is 7.77. The van der Waals surface area contributed by atoms with Crippen molar-refractivity contribution in [3.8, 4) is 0 Å². The fourth-order valence-electron chi connectivity index (χ4n) is 0.425. The summed E-state index contributed by atoms with van der Waals surface area (Å²) in [4.78, 5) is 43.1. The van der Waals surface area contributed by atoms with Gasteiger partial charge in [0.2, 0.25) is 0 Å². The average Bonchev–Trinajstić information content (AvgIpc) is 1.77. The molecule has 0 aromatic carbocycles. The topological polar surface area (TPSA) is 132 Å². The van der Waals surface area contributed by atoms with Crippen molar-refractivity contribution in [2.45, 2.75) is 0 Å². The molecule has 0 saturated carbocycles. The molecule has 0 aromatic heterocycles. The van der Waals surface area contributed by atoms with E-state index in [1.165, 1.54) is 0 Å². The third-order valence-electron chi connectivity index (χ3n) is 0.814. The van der Waals surface area contributed by atoms with Crippen molar-refractivity contribution < 1.29 is 33.5 Å². The van der Waals surface area contributed by atoms with Crippen LogP contribution in [-0.2, 0) is 13.9 Å². The highest BCUT2D eigenvalue weighted by Crippen LogP contribution is 2.63. The number of carbonyl (C=O) groups excluding carboxylic acids is 1. The van der Waals surface area contributed by atoms with Gasteiger partial charge in [-0.25, -0.2) is 0 Å². The molecule has 0 saturated heterocycles. The van der Waals surface area contributed by atoms with E-state index in [9.17, 15) is 13.9 Å². The predicted molar refractivity (Wildman–Crippen MR) is 38.2 cm³/mol. The van der Waals surface area contributed by atoms with Gasteiger partial charge in [0, 0.05) is 6.08 Å². The van der Waals surface area contributed by atoms with E-state index in [1.54, 1.807) is 0 Å². The van der Waals surface area contributed by atoms with Crippen LogP contribution in [0.15, 0.2) is 11.1 Å². The normalized spacial score (nSPS) is 12.3. The van der Waals surface area contributed by atoms with E-state index in [2.05, 4.69) is 0 Å². The van der Waals surface area contributed by atoms with Gasteiger partial charge in [-0.2, -0.15) is 0 Å². The number of hydrogen-bond donors (Lipinski definition) is 4. The minimum atomic E-state index is -5.05. The third-order valence-corrected chi connectivity index (χ3v) is 3.87. The maximum Gasteiger partial charge on any atom is 0.364 e. The van der Waals surface area contributed by atoms with Gasteiger partial charge in [-0.05, 0) is 0 Å². The van der Waals surface area contributed by atoms with Crippen LogP contribution in [0.5, 0.6) is 0 Å². The van der Waals surface area contributed by atoms with Crippen LogP contribution in [0.3, 0.4) is 0 Å². The van der Waals surface area contributed by atoms with Crippen molar-refractivity contribution in [3.63, 3.8) is 0 Å². The Morgan fingerprint density at radius 2 is 1.33 bits per heavy atom. The summed E-state index contributed by atoms with van der Waals surface area (Å²) in [6, 6.07) is 0. The second-order valence-corrected chi connectivity index (χ2v) is 5.24. The molecule has 4 N–H and O–H groups in total. The van der Waals surface area contributed by atoms with Crippen LogP contribution in [0.4, 0.5) is 0 Å². The Labute approximate surface area is 67.0 Å². The van der Waals surface area contributed by atoms with Gasteiger partial charge in [0.05, 0.1) is 0 Å². The van der Waals surface area contributed by atoms with Crippen LogP contribution in [0.25, 0.3) is 0 Å². The highest BCUT2D eigenvalue weighted by atomic mass is 31.2. The molecule has 0 aromatic rings. The van der Waals surface area contributed by atoms with Crippen molar-refractivity contribution in [1.29, 1.82) is 0 Å². The Morgan fingerprint density at radius 1 is 1.00 bits per heavy atom. The summed E-state index contributed by atoms with van der Waals surface area (Å²) in [6.07, 6.45) is 0.0646. The molecule has 0 heterocycles. The third kappa shape index (κ3) is 3.40. The molecule has 0 radical (unpaired) electrons. The summed E-state index contributed by atoms with van der Waals surface area (Å²) < 4.78 is 20.7. The Balaban J connectivity index is 5.25. The molecule has 0 rings (SSSR count). The quantitative estimate of drug-likeness (QED) is 0.280. The average molecular weight is 216 g/mol. The second kappa shape index (κ2) is 3.62. The lowest BCUT2D eigenvalue weighted by atomic mass is 10.7. The molecule has 0 aliphatic heterocycles. The lowest BCUT2D eigenvalue weighted by molar-refractivity contribution is -0.104. The van der Waals surface area contributed by atoms with E-state index in [1.807, 2.05) is 0 Å². The largest absolute Gasteiger partial charge is 0.364 e. The molecule has 7 nitrogen and oxygen atoms in total. The number of carbonyl (C=O) groups is 1. The van der Waals surface area contributed by atoms with Crippen LogP contribution in [0.1, 0.15) is 0 Å². The van der Waals surface area contributed by atoms with Crippen molar-refractivity contribution in [1.82, 2.24) is 0 Å². The van der Waals surface area contributed by atoms with E-state index >= 15 is 0 Å². The lowest BCUT2D eigenvalue weighted by Crippen LogP contribution is -1.88. The predicted octanol–water partition coefficient (Wildman–Crippen LogP) is -0.618. The first kappa shape index (κ1) is 11.7. The van der Waals surface area contributed by atoms with Crippen LogP contribution >= 0.6 is 15.2 Å². The summed E-state index contributed by atoms with van der Waals surface area (Å²) in [7, 11) is -10.1. The molecule has 0 atom stereocenters. The zero-order valence-electron chi connectivity index (χ0n) is 5.56. The van der Waals surface area contributed by atoms with E-state index in [0.717, 1.165) is 0 Å². The van der Waals surface area contributed by atoms with Gasteiger partial charge in [-0.3, -0.25) is 13.9 Å². The molecule has 0 aliphatic rings. The van der Waals surface area contributed by atoms with Crippen molar-refractivity contribution >= 4 is 21.5 Å². The fraction of sp³-hybridized carbons (Fsp3) is 0. The standard InChI is InChI=1S/C3H6O7P2/c4-2-1-3(11(5,6)7)12(8,9)10/h1-2H,(H2,5,6,7)(H2,8,9,10). The first-order chi connectivity index (χ1) is 5.19. The molecule has 9 heteroatoms. The number of rotatable bonds is 3. The minimum absolute atomic E-state index is 0.104. The van der Waals surface area contributed by atoms with Crippen molar-refractivity contribution in [2.24, 2.45) is 0 Å². The van der Waals surface area contributed by atoms with E-state index < -0.39 is 20.2 Å². The van der Waals surface area contributed by atoms with E-state index in [-0.39, 0.29) is 12.4 Å². The first-order valence-corrected chi connectivity index (χ1v) is 5.69. The summed E-state index contributed by atoms with van der Waals surface area (Å²) in [5.74, 6) is 0. The Kier molecular flexibility index (Phi) is 3.53. The maximum atomic E-state index is 10.3. The molecule has 12 heavy (non-hydrogen) atoms. The zero-order valence-corrected chi connectivity index (χ0v) is 7.35. The van der Waals surface area contributed by atoms with Crippen LogP contribution in [-0.4, -0.2) is 25.9 Å². The van der Waals surface area contributed by atoms with Crippen molar-refractivity contribution in [3.05, 3.63) is 11.1 Å². The minimum Gasteiger partial charge on any atom is -0.321 e. The molecule has 0 spiro atoms. The molecule has 0 unspecified atom stereocenters. The van der Waals surface area contributed by atoms with Crippen molar-refractivity contribution in [2.75, 3.05) is 0 Å². The van der Waals surface area contributed by atoms with Gasteiger partial charge < -0.3 is 19.6 Å². The molecule has 70 valence electrons. The maximum absolute atomic E-state index is 10.3. The van der Waals surface area contributed by atoms with Gasteiger partial charge in [0.25, 0.3) is 0 Å². The van der Waals surface area contributed by atoms with Crippen LogP contribution in [0, 0.1) is 0 Å². The summed E-state index contributed by atoms with van der Waals surface area (Å²) in [5, 5.41) is -1.47. The van der Waals surface area contributed by atoms with E-state index in [4.69, 9.17) is 19.6 Å². The van der Waals surface area contributed by atoms with Gasteiger partial charge in [0.15, 0.2) is 5.06 Å². The monoisotopic (exact) mass is 216 g/mol. The van der Waals surface area contributed by atoms with Gasteiger partial charge in [-0.1, -0.05) is 0 Å². The second-order valence-electron chi connectivity index (χ2n) is 1.75. The zero-order chi connectivity index (χ0) is 9.99. The van der Waals surface area contributed by atoms with Gasteiger partial charge in [0.1, 0.15) is 6.29 Å². The Bertz CT molecular complexity index is 268. The molecule has 0 bridgehead atoms. The van der Waals surface area contributed by atoms with Crippen LogP contribution in [0.2, 0.25) is 0 Å². The summed E-state index contributed by atoms with van der Waals surface area (Å²) in [6.45, 7) is 0. The summed E-state index contributed by atoms with van der Waals surface area (Å²) in [5.41, 5.74) is 0. The number of allylic oxidation sites excluding steroid dienone is 1. The van der Waals surface area contributed by atoms with Crippen LogP contribution < -0.4 is 0 Å². The smallest absolute Gasteiger partial charge is 0.321 e. The lowest BCUT2D eigenvalue weighted by Gasteiger charge is -2.08. The molecule has 0 amide bonds. The molecular weight excluding hydrogens is 210 g/mol. The van der Waals surface area contributed by atoms with Gasteiger partial charge in [-0.15, -0.1) is 0 Å². The number of aldehydes is 1. The Morgan fingerprint density at radius 3 is 1.42 bits per heavy atom. The molecule has 0 fully saturated rings. The first-order valence-electron chi connectivity index (χ1n) is 2.47. The van der Waals surface area contributed by atoms with E-state index in [0.29, 0.717) is 0 Å². The number of hydrogen-bond acceptors (Lipinski definition) is 3. The highest BCUT2D eigenvalue weighted by Gasteiger charge is 2.35. The van der Waals surface area contributed by atoms with Gasteiger partial charge >= 0.3 is 15.2 Å². The molecule has 0 aliphatic carbocycles. The fourth-order valence-corrected chi connectivity index (χ4v) is 2.29.